The molecule has 24 heavy (non-hydrogen) atoms. The van der Waals surface area contributed by atoms with E-state index < -0.39 is 10.8 Å². The topological polar surface area (TPSA) is 91.9 Å². The highest BCUT2D eigenvalue weighted by molar-refractivity contribution is 7.11. The number of benzene rings is 2. The van der Waals surface area contributed by atoms with E-state index in [1.807, 2.05) is 0 Å². The van der Waals surface area contributed by atoms with Gasteiger partial charge in [0.05, 0.1) is 16.6 Å². The molecule has 0 bridgehead atoms. The Kier molecular flexibility index (Phi) is 3.10. The Balaban J connectivity index is 2.01. The number of para-hydroxylation sites is 1. The fourth-order valence-electron chi connectivity index (χ4n) is 2.67. The Bertz CT molecular complexity index is 1170. The molecule has 3 aromatic rings. The standard InChI is InChI=1S/C17H10N2O4S/c20-10-5-3-4-9(8-10)19-16(22)14(24-17(19)23)13-11-6-1-2-7-12(11)18-15(13)21/h1-8,20,22H. The second-order valence-electron chi connectivity index (χ2n) is 5.19. The zero-order valence-corrected chi connectivity index (χ0v) is 12.9. The summed E-state index contributed by atoms with van der Waals surface area (Å²) >= 11 is 0.764. The SMILES string of the molecule is O=C1N=c2ccccc2=C1c1sc(=O)n(-c2cccc(O)c2)c1O. The van der Waals surface area contributed by atoms with Crippen molar-refractivity contribution in [2.45, 2.75) is 0 Å². The first-order valence-corrected chi connectivity index (χ1v) is 7.85. The van der Waals surface area contributed by atoms with E-state index in [0.29, 0.717) is 16.3 Å². The molecule has 2 heterocycles. The third-order valence-corrected chi connectivity index (χ3v) is 4.66. The summed E-state index contributed by atoms with van der Waals surface area (Å²) in [5.74, 6) is -0.863. The van der Waals surface area contributed by atoms with Gasteiger partial charge in [-0.05, 0) is 18.2 Å². The van der Waals surface area contributed by atoms with E-state index in [1.165, 1.54) is 12.1 Å². The van der Waals surface area contributed by atoms with Gasteiger partial charge in [0.1, 0.15) is 10.6 Å². The highest BCUT2D eigenvalue weighted by Gasteiger charge is 2.26. The van der Waals surface area contributed by atoms with Gasteiger partial charge in [-0.3, -0.25) is 9.59 Å². The summed E-state index contributed by atoms with van der Waals surface area (Å²) in [5.41, 5.74) is 0.528. The number of phenols is 1. The van der Waals surface area contributed by atoms with Crippen molar-refractivity contribution in [2.24, 2.45) is 4.99 Å². The maximum Gasteiger partial charge on any atom is 0.315 e. The molecule has 0 radical (unpaired) electrons. The molecule has 2 N–H and O–H groups in total. The highest BCUT2D eigenvalue weighted by Crippen LogP contribution is 2.30. The average molecular weight is 338 g/mol. The first-order valence-electron chi connectivity index (χ1n) is 7.03. The van der Waals surface area contributed by atoms with E-state index in [9.17, 15) is 19.8 Å². The molecule has 2 aromatic carbocycles. The molecule has 118 valence electrons. The molecular formula is C17H10N2O4S. The smallest absolute Gasteiger partial charge is 0.315 e. The molecule has 0 unspecified atom stereocenters. The van der Waals surface area contributed by atoms with Gasteiger partial charge in [0.25, 0.3) is 5.91 Å². The molecule has 0 atom stereocenters. The predicted octanol–water partition coefficient (Wildman–Crippen LogP) is 0.669. The van der Waals surface area contributed by atoms with Crippen LogP contribution in [-0.4, -0.2) is 20.7 Å². The van der Waals surface area contributed by atoms with Crippen molar-refractivity contribution in [3.8, 4) is 17.3 Å². The maximum absolute atomic E-state index is 12.3. The van der Waals surface area contributed by atoms with Gasteiger partial charge in [-0.2, -0.15) is 0 Å². The summed E-state index contributed by atoms with van der Waals surface area (Å²) in [6, 6.07) is 12.9. The Morgan fingerprint density at radius 1 is 1.00 bits per heavy atom. The predicted molar refractivity (Wildman–Crippen MR) is 88.0 cm³/mol. The lowest BCUT2D eigenvalue weighted by atomic mass is 10.1. The van der Waals surface area contributed by atoms with E-state index >= 15 is 0 Å². The van der Waals surface area contributed by atoms with Crippen LogP contribution >= 0.6 is 11.3 Å². The Morgan fingerprint density at radius 3 is 2.58 bits per heavy atom. The average Bonchev–Trinajstić information content (AvgIpc) is 3.02. The van der Waals surface area contributed by atoms with Crippen molar-refractivity contribution in [1.29, 1.82) is 0 Å². The van der Waals surface area contributed by atoms with Crippen LogP contribution in [0.4, 0.5) is 0 Å². The zero-order valence-electron chi connectivity index (χ0n) is 12.1. The number of rotatable bonds is 2. The summed E-state index contributed by atoms with van der Waals surface area (Å²) in [5, 5.41) is 21.2. The summed E-state index contributed by atoms with van der Waals surface area (Å²) in [6.07, 6.45) is 0. The Labute approximate surface area is 138 Å². The molecule has 0 saturated heterocycles. The number of amides is 1. The van der Waals surface area contributed by atoms with Crippen LogP contribution in [0.2, 0.25) is 0 Å². The van der Waals surface area contributed by atoms with Crippen LogP contribution in [0.1, 0.15) is 4.88 Å². The monoisotopic (exact) mass is 338 g/mol. The lowest BCUT2D eigenvalue weighted by Crippen LogP contribution is -2.22. The molecule has 0 aliphatic carbocycles. The van der Waals surface area contributed by atoms with Crippen molar-refractivity contribution in [1.82, 2.24) is 4.57 Å². The molecule has 1 aliphatic rings. The van der Waals surface area contributed by atoms with Crippen molar-refractivity contribution < 1.29 is 15.0 Å². The second kappa shape index (κ2) is 5.17. The summed E-state index contributed by atoms with van der Waals surface area (Å²) in [7, 11) is 0. The normalized spacial score (nSPS) is 13.0. The number of nitrogens with zero attached hydrogens (tertiary/aromatic N) is 2. The minimum Gasteiger partial charge on any atom is -0.508 e. The van der Waals surface area contributed by atoms with Gasteiger partial charge in [-0.1, -0.05) is 35.6 Å². The van der Waals surface area contributed by atoms with Gasteiger partial charge in [0.15, 0.2) is 0 Å². The largest absolute Gasteiger partial charge is 0.508 e. The van der Waals surface area contributed by atoms with Crippen LogP contribution < -0.4 is 15.4 Å². The van der Waals surface area contributed by atoms with E-state index in [4.69, 9.17) is 0 Å². The Morgan fingerprint density at radius 2 is 1.79 bits per heavy atom. The third-order valence-electron chi connectivity index (χ3n) is 3.71. The summed E-state index contributed by atoms with van der Waals surface area (Å²) in [6.45, 7) is 0. The molecule has 4 rings (SSSR count). The van der Waals surface area contributed by atoms with E-state index in [2.05, 4.69) is 4.99 Å². The number of hydrogen-bond donors (Lipinski definition) is 2. The van der Waals surface area contributed by atoms with E-state index in [1.54, 1.807) is 36.4 Å². The van der Waals surface area contributed by atoms with Crippen LogP contribution in [0, 0.1) is 0 Å². The number of fused-ring (bicyclic) bond motifs is 1. The summed E-state index contributed by atoms with van der Waals surface area (Å²) < 4.78 is 1.06. The lowest BCUT2D eigenvalue weighted by molar-refractivity contribution is -0.112. The zero-order chi connectivity index (χ0) is 16.8. The van der Waals surface area contributed by atoms with Crippen LogP contribution in [0.5, 0.6) is 11.6 Å². The number of phenolic OH excluding ortho intramolecular Hbond substituents is 1. The molecule has 6 nitrogen and oxygen atoms in total. The van der Waals surface area contributed by atoms with Gasteiger partial charge < -0.3 is 10.2 Å². The van der Waals surface area contributed by atoms with Crippen LogP contribution in [0.15, 0.2) is 58.3 Å². The highest BCUT2D eigenvalue weighted by atomic mass is 32.1. The molecular weight excluding hydrogens is 328 g/mol. The second-order valence-corrected chi connectivity index (χ2v) is 6.15. The van der Waals surface area contributed by atoms with Crippen molar-refractivity contribution in [3.05, 3.63) is 73.7 Å². The minimum atomic E-state index is -0.490. The first kappa shape index (κ1) is 14.4. The number of carbonyl (C=O) groups is 1. The fraction of sp³-hybridized carbons (Fsp3) is 0. The van der Waals surface area contributed by atoms with Crippen LogP contribution in [0.3, 0.4) is 0 Å². The van der Waals surface area contributed by atoms with Gasteiger partial charge >= 0.3 is 4.87 Å². The van der Waals surface area contributed by atoms with Gasteiger partial charge in [-0.15, -0.1) is 0 Å². The van der Waals surface area contributed by atoms with Crippen molar-refractivity contribution in [2.75, 3.05) is 0 Å². The Hall–Kier alpha value is -3.19. The molecule has 1 aliphatic heterocycles. The van der Waals surface area contributed by atoms with Gasteiger partial charge in [0.2, 0.25) is 5.88 Å². The minimum absolute atomic E-state index is 0.0310. The van der Waals surface area contributed by atoms with E-state index in [0.717, 1.165) is 15.9 Å². The third kappa shape index (κ3) is 2.06. The number of aromatic nitrogens is 1. The molecule has 0 saturated carbocycles. The van der Waals surface area contributed by atoms with E-state index in [-0.39, 0.29) is 22.1 Å². The molecule has 1 aromatic heterocycles. The fourth-order valence-corrected chi connectivity index (χ4v) is 3.61. The molecule has 1 amide bonds. The van der Waals surface area contributed by atoms with Crippen molar-refractivity contribution >= 4 is 22.8 Å². The van der Waals surface area contributed by atoms with Gasteiger partial charge in [0, 0.05) is 11.3 Å². The quantitative estimate of drug-likeness (QED) is 0.718. The molecule has 7 heteroatoms. The maximum atomic E-state index is 12.3. The summed E-state index contributed by atoms with van der Waals surface area (Å²) in [4.78, 5) is 28.2. The number of carbonyl (C=O) groups excluding carboxylic acids is 1. The first-order chi connectivity index (χ1) is 11.6. The number of thiazole rings is 1. The van der Waals surface area contributed by atoms with Crippen molar-refractivity contribution in [3.63, 3.8) is 0 Å². The van der Waals surface area contributed by atoms with Crippen LogP contribution in [-0.2, 0) is 4.79 Å². The van der Waals surface area contributed by atoms with Crippen LogP contribution in [0.25, 0.3) is 11.3 Å². The number of aromatic hydroxyl groups is 2. The lowest BCUT2D eigenvalue weighted by Gasteiger charge is -2.04. The number of hydrogen-bond acceptors (Lipinski definition) is 5. The molecule has 0 fully saturated rings. The van der Waals surface area contributed by atoms with Gasteiger partial charge in [-0.25, -0.2) is 9.56 Å². The molecule has 0 spiro atoms.